The number of halogens is 1. The van der Waals surface area contributed by atoms with Gasteiger partial charge >= 0.3 is 5.69 Å². The number of aryl methyl sites for hydroxylation is 1. The molecule has 0 radical (unpaired) electrons. The van der Waals surface area contributed by atoms with Gasteiger partial charge in [-0.15, -0.1) is 11.3 Å². The molecule has 1 amide bonds. The number of amides is 1. The summed E-state index contributed by atoms with van der Waals surface area (Å²) in [5.74, 6) is 0.298. The molecule has 0 aliphatic heterocycles. The van der Waals surface area contributed by atoms with Gasteiger partial charge in [-0.2, -0.15) is 4.39 Å². The van der Waals surface area contributed by atoms with Crippen LogP contribution in [0.15, 0.2) is 62.6 Å². The van der Waals surface area contributed by atoms with Crippen LogP contribution in [0.4, 0.5) is 15.1 Å². The van der Waals surface area contributed by atoms with Gasteiger partial charge in [0.05, 0.1) is 29.5 Å². The zero-order valence-corrected chi connectivity index (χ0v) is 19.3. The monoisotopic (exact) mass is 493 g/mol. The van der Waals surface area contributed by atoms with E-state index in [9.17, 15) is 19.3 Å². The van der Waals surface area contributed by atoms with Gasteiger partial charge in [0.25, 0.3) is 5.91 Å². The minimum atomic E-state index is -0.911. The summed E-state index contributed by atoms with van der Waals surface area (Å²) in [6.45, 7) is 0.283. The van der Waals surface area contributed by atoms with Crippen molar-refractivity contribution in [2.24, 2.45) is 4.99 Å². The number of aliphatic imine (C=N–C) groups is 1. The second-order valence-electron chi connectivity index (χ2n) is 8.04. The molecule has 1 aliphatic carbocycles. The van der Waals surface area contributed by atoms with Crippen LogP contribution in [-0.2, 0) is 19.4 Å². The topological polar surface area (TPSA) is 111 Å². The molecule has 1 aromatic carbocycles. The molecule has 4 aromatic rings. The van der Waals surface area contributed by atoms with Crippen LogP contribution in [0.1, 0.15) is 45.2 Å². The minimum Gasteiger partial charge on any atom is -0.467 e. The van der Waals surface area contributed by atoms with Gasteiger partial charge in [0.15, 0.2) is 0 Å². The second kappa shape index (κ2) is 9.67. The van der Waals surface area contributed by atoms with Crippen molar-refractivity contribution >= 4 is 34.1 Å². The first-order chi connectivity index (χ1) is 17.0. The van der Waals surface area contributed by atoms with Crippen LogP contribution >= 0.6 is 11.3 Å². The Hall–Kier alpha value is -4.05. The highest BCUT2D eigenvalue weighted by Gasteiger charge is 2.25. The standard InChI is InChI=1S/C25H20FN3O5S/c26-19-9-7-15(12-20(19)29(31)32)21-10-8-17(34-21)14-28-25-23(18-5-1-2-6-22(18)35-25)24(30)27-13-16-4-3-11-33-16/h3-4,7-12,14H,1-2,5-6,13H2,(H,27,30). The highest BCUT2D eigenvalue weighted by Crippen LogP contribution is 2.40. The number of benzene rings is 1. The first-order valence-corrected chi connectivity index (χ1v) is 11.8. The Morgan fingerprint density at radius 2 is 2.09 bits per heavy atom. The number of nitrogens with zero attached hydrogens (tertiary/aromatic N) is 2. The smallest absolute Gasteiger partial charge is 0.305 e. The lowest BCUT2D eigenvalue weighted by molar-refractivity contribution is -0.387. The fraction of sp³-hybridized carbons (Fsp3) is 0.200. The molecule has 3 heterocycles. The van der Waals surface area contributed by atoms with Crippen LogP contribution in [0.5, 0.6) is 0 Å². The molecule has 178 valence electrons. The van der Waals surface area contributed by atoms with Gasteiger partial charge in [0.1, 0.15) is 22.3 Å². The Morgan fingerprint density at radius 3 is 2.89 bits per heavy atom. The highest BCUT2D eigenvalue weighted by atomic mass is 32.1. The molecule has 3 aromatic heterocycles. The second-order valence-corrected chi connectivity index (χ2v) is 9.12. The van der Waals surface area contributed by atoms with E-state index >= 15 is 0 Å². The number of hydrogen-bond donors (Lipinski definition) is 1. The van der Waals surface area contributed by atoms with Crippen molar-refractivity contribution in [1.29, 1.82) is 0 Å². The zero-order valence-electron chi connectivity index (χ0n) is 18.5. The fourth-order valence-corrected chi connectivity index (χ4v) is 5.28. The van der Waals surface area contributed by atoms with Crippen molar-refractivity contribution in [1.82, 2.24) is 5.32 Å². The van der Waals surface area contributed by atoms with Crippen LogP contribution in [0.3, 0.4) is 0 Å². The van der Waals surface area contributed by atoms with Gasteiger partial charge < -0.3 is 14.2 Å². The van der Waals surface area contributed by atoms with E-state index in [0.717, 1.165) is 43.4 Å². The molecule has 5 rings (SSSR count). The number of thiophene rings is 1. The van der Waals surface area contributed by atoms with Gasteiger partial charge in [0, 0.05) is 16.5 Å². The predicted octanol–water partition coefficient (Wildman–Crippen LogP) is 6.21. The summed E-state index contributed by atoms with van der Waals surface area (Å²) in [6, 6.07) is 10.4. The van der Waals surface area contributed by atoms with E-state index in [2.05, 4.69) is 10.3 Å². The Kier molecular flexibility index (Phi) is 6.28. The lowest BCUT2D eigenvalue weighted by Crippen LogP contribution is -2.23. The van der Waals surface area contributed by atoms with E-state index in [1.807, 2.05) is 0 Å². The third kappa shape index (κ3) is 4.78. The van der Waals surface area contributed by atoms with Crippen molar-refractivity contribution in [3.8, 4) is 11.3 Å². The number of carbonyl (C=O) groups is 1. The van der Waals surface area contributed by atoms with E-state index in [1.165, 1.54) is 28.5 Å². The zero-order chi connectivity index (χ0) is 24.4. The first-order valence-electron chi connectivity index (χ1n) is 11.0. The number of hydrogen-bond acceptors (Lipinski definition) is 7. The van der Waals surface area contributed by atoms with Crippen molar-refractivity contribution < 1.29 is 22.9 Å². The molecule has 1 N–H and O–H groups in total. The van der Waals surface area contributed by atoms with Crippen molar-refractivity contribution in [3.05, 3.63) is 92.2 Å². The van der Waals surface area contributed by atoms with E-state index in [-0.39, 0.29) is 12.5 Å². The molecule has 1 aliphatic rings. The van der Waals surface area contributed by atoms with Crippen LogP contribution in [0, 0.1) is 15.9 Å². The Bertz CT molecular complexity index is 1420. The third-order valence-corrected chi connectivity index (χ3v) is 6.95. The summed E-state index contributed by atoms with van der Waals surface area (Å²) in [4.78, 5) is 29.1. The lowest BCUT2D eigenvalue weighted by Gasteiger charge is -2.12. The SMILES string of the molecule is O=C(NCc1ccco1)c1c(N=Cc2ccc(-c3ccc(F)c([N+](=O)[O-])c3)o2)sc2c1CCCC2. The van der Waals surface area contributed by atoms with E-state index in [1.54, 1.807) is 30.5 Å². The summed E-state index contributed by atoms with van der Waals surface area (Å²) in [6.07, 6.45) is 6.93. The number of rotatable bonds is 7. The molecule has 0 atom stereocenters. The Labute approximate surface area is 203 Å². The van der Waals surface area contributed by atoms with Gasteiger partial charge in [-0.25, -0.2) is 4.99 Å². The number of carbonyl (C=O) groups excluding carboxylic acids is 1. The Balaban J connectivity index is 1.40. The highest BCUT2D eigenvalue weighted by molar-refractivity contribution is 7.16. The molecular weight excluding hydrogens is 473 g/mol. The van der Waals surface area contributed by atoms with E-state index in [0.29, 0.717) is 33.4 Å². The van der Waals surface area contributed by atoms with Crippen molar-refractivity contribution in [2.45, 2.75) is 32.2 Å². The quantitative estimate of drug-likeness (QED) is 0.187. The molecule has 0 spiro atoms. The normalized spacial score (nSPS) is 13.2. The van der Waals surface area contributed by atoms with Gasteiger partial charge in [0.2, 0.25) is 5.82 Å². The summed E-state index contributed by atoms with van der Waals surface area (Å²) >= 11 is 1.50. The molecule has 0 unspecified atom stereocenters. The van der Waals surface area contributed by atoms with E-state index in [4.69, 9.17) is 8.83 Å². The number of nitro benzene ring substituents is 1. The summed E-state index contributed by atoms with van der Waals surface area (Å²) in [5, 5.41) is 14.5. The van der Waals surface area contributed by atoms with Crippen LogP contribution in [0.2, 0.25) is 0 Å². The fourth-order valence-electron chi connectivity index (χ4n) is 4.05. The molecule has 35 heavy (non-hydrogen) atoms. The first kappa shape index (κ1) is 22.7. The molecule has 0 bridgehead atoms. The van der Waals surface area contributed by atoms with Crippen molar-refractivity contribution in [3.63, 3.8) is 0 Å². The van der Waals surface area contributed by atoms with Gasteiger partial charge in [-0.3, -0.25) is 14.9 Å². The molecule has 8 nitrogen and oxygen atoms in total. The Morgan fingerprint density at radius 1 is 1.23 bits per heavy atom. The van der Waals surface area contributed by atoms with Crippen molar-refractivity contribution in [2.75, 3.05) is 0 Å². The third-order valence-electron chi connectivity index (χ3n) is 5.75. The molecular formula is C25H20FN3O5S. The molecule has 0 fully saturated rings. The average molecular weight is 494 g/mol. The van der Waals surface area contributed by atoms with E-state index < -0.39 is 16.4 Å². The molecule has 0 saturated heterocycles. The van der Waals surface area contributed by atoms with Crippen LogP contribution in [-0.4, -0.2) is 17.0 Å². The minimum absolute atomic E-state index is 0.202. The largest absolute Gasteiger partial charge is 0.467 e. The predicted molar refractivity (Wildman–Crippen MR) is 129 cm³/mol. The summed E-state index contributed by atoms with van der Waals surface area (Å²) in [5.41, 5.74) is 1.38. The van der Waals surface area contributed by atoms with Crippen LogP contribution in [0.25, 0.3) is 11.3 Å². The number of nitrogens with one attached hydrogen (secondary N) is 1. The number of furan rings is 2. The number of fused-ring (bicyclic) bond motifs is 1. The number of nitro groups is 1. The summed E-state index contributed by atoms with van der Waals surface area (Å²) in [7, 11) is 0. The lowest BCUT2D eigenvalue weighted by atomic mass is 9.95. The summed E-state index contributed by atoms with van der Waals surface area (Å²) < 4.78 is 24.7. The molecule has 10 heteroatoms. The maximum absolute atomic E-state index is 13.7. The average Bonchev–Trinajstić information content (AvgIpc) is 3.61. The van der Waals surface area contributed by atoms with Gasteiger partial charge in [-0.1, -0.05) is 0 Å². The molecule has 0 saturated carbocycles. The maximum Gasteiger partial charge on any atom is 0.305 e. The maximum atomic E-state index is 13.7. The van der Waals surface area contributed by atoms with Crippen LogP contribution < -0.4 is 5.32 Å². The van der Waals surface area contributed by atoms with Gasteiger partial charge in [-0.05, 0) is 67.6 Å².